The van der Waals surface area contributed by atoms with Crippen molar-refractivity contribution in [1.29, 1.82) is 0 Å². The highest BCUT2D eigenvalue weighted by Crippen LogP contribution is 2.21. The molecule has 1 aromatic rings. The minimum Gasteiger partial charge on any atom is -0.485 e. The molecule has 1 aromatic carbocycles. The van der Waals surface area contributed by atoms with Gasteiger partial charge in [-0.3, -0.25) is 0 Å². The second kappa shape index (κ2) is 4.01. The van der Waals surface area contributed by atoms with Crippen molar-refractivity contribution in [1.82, 2.24) is 0 Å². The molecule has 0 fully saturated rings. The third-order valence-corrected chi connectivity index (χ3v) is 2.25. The summed E-state index contributed by atoms with van der Waals surface area (Å²) in [6, 6.07) is 5.95. The van der Waals surface area contributed by atoms with Crippen molar-refractivity contribution < 1.29 is 9.84 Å². The first-order valence-corrected chi connectivity index (χ1v) is 4.82. The lowest BCUT2D eigenvalue weighted by molar-refractivity contribution is 0.0412. The molecule has 0 atom stereocenters. The Morgan fingerprint density at radius 2 is 1.86 bits per heavy atom. The predicted octanol–water partition coefficient (Wildman–Crippen LogP) is 2.45. The molecule has 2 heteroatoms. The van der Waals surface area contributed by atoms with Crippen LogP contribution in [0.1, 0.15) is 25.0 Å². The van der Waals surface area contributed by atoms with Crippen molar-refractivity contribution in [3.05, 3.63) is 29.3 Å². The van der Waals surface area contributed by atoms with E-state index in [2.05, 4.69) is 6.92 Å². The summed E-state index contributed by atoms with van der Waals surface area (Å²) in [6.07, 6.45) is 0. The third-order valence-electron chi connectivity index (χ3n) is 2.25. The largest absolute Gasteiger partial charge is 0.485 e. The van der Waals surface area contributed by atoms with Crippen LogP contribution in [-0.2, 0) is 0 Å². The first-order valence-electron chi connectivity index (χ1n) is 4.82. The van der Waals surface area contributed by atoms with E-state index >= 15 is 0 Å². The van der Waals surface area contributed by atoms with Crippen LogP contribution in [0.25, 0.3) is 0 Å². The normalized spacial score (nSPS) is 11.5. The molecule has 0 aliphatic rings. The average Bonchev–Trinajstić information content (AvgIpc) is 2.11. The van der Waals surface area contributed by atoms with E-state index in [0.717, 1.165) is 5.75 Å². The smallest absolute Gasteiger partial charge is 0.126 e. The summed E-state index contributed by atoms with van der Waals surface area (Å²) in [5.74, 6) is 0.812. The first kappa shape index (κ1) is 11.1. The Morgan fingerprint density at radius 1 is 1.21 bits per heavy atom. The van der Waals surface area contributed by atoms with Crippen molar-refractivity contribution in [2.24, 2.45) is 0 Å². The second-order valence-corrected chi connectivity index (χ2v) is 4.27. The van der Waals surface area contributed by atoms with Gasteiger partial charge in [0.15, 0.2) is 0 Å². The number of benzene rings is 1. The lowest BCUT2D eigenvalue weighted by Gasteiger charge is -2.24. The fraction of sp³-hybridized carbons (Fsp3) is 0.500. The Hall–Kier alpha value is -1.02. The van der Waals surface area contributed by atoms with Gasteiger partial charge in [-0.15, -0.1) is 0 Å². The molecule has 14 heavy (non-hydrogen) atoms. The quantitative estimate of drug-likeness (QED) is 0.801. The van der Waals surface area contributed by atoms with Crippen LogP contribution in [0.2, 0.25) is 0 Å². The molecule has 2 nitrogen and oxygen atoms in total. The fourth-order valence-corrected chi connectivity index (χ4v) is 1.13. The van der Waals surface area contributed by atoms with Crippen molar-refractivity contribution in [2.75, 3.05) is 6.61 Å². The molecule has 1 rings (SSSR count). The van der Waals surface area contributed by atoms with E-state index in [0.29, 0.717) is 0 Å². The van der Waals surface area contributed by atoms with Crippen molar-refractivity contribution in [2.45, 2.75) is 33.3 Å². The molecule has 0 heterocycles. The number of hydrogen-bond acceptors (Lipinski definition) is 2. The fourth-order valence-electron chi connectivity index (χ4n) is 1.13. The Balaban J connectivity index is 2.83. The lowest BCUT2D eigenvalue weighted by Crippen LogP contribution is -2.32. The maximum absolute atomic E-state index is 9.05. The summed E-state index contributed by atoms with van der Waals surface area (Å²) in [7, 11) is 0. The van der Waals surface area contributed by atoms with E-state index in [1.807, 2.05) is 39.0 Å². The predicted molar refractivity (Wildman–Crippen MR) is 57.7 cm³/mol. The van der Waals surface area contributed by atoms with Crippen molar-refractivity contribution in [3.63, 3.8) is 0 Å². The van der Waals surface area contributed by atoms with Crippen LogP contribution in [0.3, 0.4) is 0 Å². The molecule has 0 unspecified atom stereocenters. The standard InChI is InChI=1S/C12H18O2/c1-9-5-6-11(7-10(9)2)14-12(3,4)8-13/h5-7,13H,8H2,1-4H3. The van der Waals surface area contributed by atoms with Crippen molar-refractivity contribution >= 4 is 0 Å². The Kier molecular flexibility index (Phi) is 3.17. The molecule has 0 aliphatic heterocycles. The summed E-state index contributed by atoms with van der Waals surface area (Å²) in [6.45, 7) is 7.86. The SMILES string of the molecule is Cc1ccc(OC(C)(C)CO)cc1C. The molecule has 0 amide bonds. The molecule has 0 saturated carbocycles. The second-order valence-electron chi connectivity index (χ2n) is 4.27. The zero-order valence-corrected chi connectivity index (χ0v) is 9.29. The lowest BCUT2D eigenvalue weighted by atomic mass is 10.1. The van der Waals surface area contributed by atoms with E-state index < -0.39 is 5.60 Å². The Labute approximate surface area is 85.5 Å². The number of aryl methyl sites for hydroxylation is 2. The van der Waals surface area contributed by atoms with Gasteiger partial charge in [-0.1, -0.05) is 6.07 Å². The van der Waals surface area contributed by atoms with Crippen LogP contribution in [0, 0.1) is 13.8 Å². The van der Waals surface area contributed by atoms with E-state index in [9.17, 15) is 0 Å². The minimum absolute atomic E-state index is 0.0138. The molecule has 0 aromatic heterocycles. The number of hydrogen-bond donors (Lipinski definition) is 1. The molecular formula is C12H18O2. The van der Waals surface area contributed by atoms with Gasteiger partial charge in [0.25, 0.3) is 0 Å². The molecule has 0 bridgehead atoms. The number of aliphatic hydroxyl groups excluding tert-OH is 1. The zero-order chi connectivity index (χ0) is 10.8. The van der Waals surface area contributed by atoms with Gasteiger partial charge in [-0.05, 0) is 51.0 Å². The zero-order valence-electron chi connectivity index (χ0n) is 9.29. The maximum atomic E-state index is 9.05. The summed E-state index contributed by atoms with van der Waals surface area (Å²) in [4.78, 5) is 0. The van der Waals surface area contributed by atoms with Crippen LogP contribution in [0.5, 0.6) is 5.75 Å². The van der Waals surface area contributed by atoms with Gasteiger partial charge in [-0.25, -0.2) is 0 Å². The van der Waals surface area contributed by atoms with E-state index in [-0.39, 0.29) is 6.61 Å². The van der Waals surface area contributed by atoms with E-state index in [4.69, 9.17) is 9.84 Å². The van der Waals surface area contributed by atoms with Gasteiger partial charge in [0.2, 0.25) is 0 Å². The maximum Gasteiger partial charge on any atom is 0.126 e. The first-order chi connectivity index (χ1) is 6.44. The van der Waals surface area contributed by atoms with Crippen LogP contribution in [0.4, 0.5) is 0 Å². The van der Waals surface area contributed by atoms with Gasteiger partial charge in [-0.2, -0.15) is 0 Å². The summed E-state index contributed by atoms with van der Waals surface area (Å²) in [5, 5.41) is 9.05. The number of ether oxygens (including phenoxy) is 1. The molecular weight excluding hydrogens is 176 g/mol. The van der Waals surface area contributed by atoms with Gasteiger partial charge in [0.05, 0.1) is 6.61 Å². The molecule has 0 spiro atoms. The van der Waals surface area contributed by atoms with Crippen LogP contribution < -0.4 is 4.74 Å². The Morgan fingerprint density at radius 3 is 2.36 bits per heavy atom. The van der Waals surface area contributed by atoms with Gasteiger partial charge >= 0.3 is 0 Å². The molecule has 0 radical (unpaired) electrons. The monoisotopic (exact) mass is 194 g/mol. The molecule has 78 valence electrons. The molecule has 0 aliphatic carbocycles. The minimum atomic E-state index is -0.512. The van der Waals surface area contributed by atoms with Gasteiger partial charge in [0, 0.05) is 0 Å². The number of rotatable bonds is 3. The van der Waals surface area contributed by atoms with Crippen molar-refractivity contribution in [3.8, 4) is 5.75 Å². The highest BCUT2D eigenvalue weighted by molar-refractivity contribution is 5.34. The average molecular weight is 194 g/mol. The van der Waals surface area contributed by atoms with Crippen LogP contribution >= 0.6 is 0 Å². The van der Waals surface area contributed by atoms with Gasteiger partial charge in [0.1, 0.15) is 11.4 Å². The summed E-state index contributed by atoms with van der Waals surface area (Å²) >= 11 is 0. The number of aliphatic hydroxyl groups is 1. The molecule has 0 saturated heterocycles. The van der Waals surface area contributed by atoms with Crippen LogP contribution in [0.15, 0.2) is 18.2 Å². The van der Waals surface area contributed by atoms with E-state index in [1.54, 1.807) is 0 Å². The highest BCUT2D eigenvalue weighted by Gasteiger charge is 2.18. The van der Waals surface area contributed by atoms with E-state index in [1.165, 1.54) is 11.1 Å². The van der Waals surface area contributed by atoms with Gasteiger partial charge < -0.3 is 9.84 Å². The highest BCUT2D eigenvalue weighted by atomic mass is 16.5. The summed E-state index contributed by atoms with van der Waals surface area (Å²) in [5.41, 5.74) is 1.94. The summed E-state index contributed by atoms with van der Waals surface area (Å²) < 4.78 is 5.64. The van der Waals surface area contributed by atoms with Crippen LogP contribution in [-0.4, -0.2) is 17.3 Å². The third kappa shape index (κ3) is 2.74. The topological polar surface area (TPSA) is 29.5 Å². The molecule has 1 N–H and O–H groups in total. The Bertz CT molecular complexity index is 316.